The molecule has 0 saturated carbocycles. The van der Waals surface area contributed by atoms with Gasteiger partial charge in [0.05, 0.1) is 32.6 Å². The molecule has 0 atom stereocenters. The highest BCUT2D eigenvalue weighted by atomic mass is 79.9. The first-order valence-corrected chi connectivity index (χ1v) is 7.80. The number of methoxy groups -OCH3 is 3. The predicted octanol–water partition coefficient (Wildman–Crippen LogP) is 3.64. The van der Waals surface area contributed by atoms with Gasteiger partial charge in [0, 0.05) is 22.2 Å². The second kappa shape index (κ2) is 7.98. The summed E-state index contributed by atoms with van der Waals surface area (Å²) < 4.78 is 28.9. The van der Waals surface area contributed by atoms with Gasteiger partial charge in [0.2, 0.25) is 0 Å². The molecule has 1 N–H and O–H groups in total. The van der Waals surface area contributed by atoms with E-state index in [0.29, 0.717) is 16.0 Å². The van der Waals surface area contributed by atoms with E-state index < -0.39 is 17.7 Å². The molecule has 2 rings (SSSR count). The van der Waals surface area contributed by atoms with E-state index in [4.69, 9.17) is 14.2 Å². The van der Waals surface area contributed by atoms with E-state index in [1.54, 1.807) is 0 Å². The maximum Gasteiger partial charge on any atom is 0.340 e. The molecular weight excluding hydrogens is 397 g/mol. The molecule has 132 valence electrons. The molecule has 0 aliphatic rings. The zero-order chi connectivity index (χ0) is 18.6. The number of rotatable bonds is 5. The van der Waals surface area contributed by atoms with Gasteiger partial charge in [-0.05, 0) is 18.2 Å². The second-order valence-corrected chi connectivity index (χ2v) is 5.77. The van der Waals surface area contributed by atoms with E-state index in [0.717, 1.165) is 6.07 Å². The number of benzene rings is 2. The standard InChI is InChI=1S/C17H15BrFNO5/c1-23-14-7-12(17(22)25-3)13(8-15(14)24-2)20-16(21)9-4-10(18)6-11(19)5-9/h4-8H,1-3H3,(H,20,21). The van der Waals surface area contributed by atoms with E-state index in [-0.39, 0.29) is 16.8 Å². The Balaban J connectivity index is 2.46. The van der Waals surface area contributed by atoms with Crippen LogP contribution in [0.15, 0.2) is 34.8 Å². The summed E-state index contributed by atoms with van der Waals surface area (Å²) in [4.78, 5) is 24.4. The third-order valence-electron chi connectivity index (χ3n) is 3.30. The molecule has 0 radical (unpaired) electrons. The van der Waals surface area contributed by atoms with Crippen molar-refractivity contribution in [3.8, 4) is 11.5 Å². The van der Waals surface area contributed by atoms with Crippen molar-refractivity contribution in [3.63, 3.8) is 0 Å². The predicted molar refractivity (Wildman–Crippen MR) is 92.9 cm³/mol. The van der Waals surface area contributed by atoms with Crippen LogP contribution in [0.2, 0.25) is 0 Å². The first-order valence-electron chi connectivity index (χ1n) is 7.01. The van der Waals surface area contributed by atoms with Crippen LogP contribution in [0.4, 0.5) is 10.1 Å². The van der Waals surface area contributed by atoms with Crippen LogP contribution < -0.4 is 14.8 Å². The highest BCUT2D eigenvalue weighted by molar-refractivity contribution is 9.10. The third-order valence-corrected chi connectivity index (χ3v) is 3.76. The summed E-state index contributed by atoms with van der Waals surface area (Å²) in [6, 6.07) is 6.59. The number of hydrogen-bond acceptors (Lipinski definition) is 5. The van der Waals surface area contributed by atoms with Gasteiger partial charge in [0.15, 0.2) is 11.5 Å². The van der Waals surface area contributed by atoms with Gasteiger partial charge in [-0.15, -0.1) is 0 Å². The molecule has 0 aromatic heterocycles. The van der Waals surface area contributed by atoms with Crippen LogP contribution in [0.25, 0.3) is 0 Å². The molecule has 0 unspecified atom stereocenters. The van der Waals surface area contributed by atoms with E-state index in [2.05, 4.69) is 21.2 Å². The Labute approximate surface area is 152 Å². The quantitative estimate of drug-likeness (QED) is 0.760. The van der Waals surface area contributed by atoms with Gasteiger partial charge < -0.3 is 19.5 Å². The summed E-state index contributed by atoms with van der Waals surface area (Å²) in [6.45, 7) is 0. The minimum Gasteiger partial charge on any atom is -0.493 e. The lowest BCUT2D eigenvalue weighted by Crippen LogP contribution is -2.16. The van der Waals surface area contributed by atoms with Crippen molar-refractivity contribution in [1.29, 1.82) is 0 Å². The Morgan fingerprint density at radius 3 is 2.20 bits per heavy atom. The summed E-state index contributed by atoms with van der Waals surface area (Å²) in [7, 11) is 4.06. The van der Waals surface area contributed by atoms with Crippen LogP contribution >= 0.6 is 15.9 Å². The molecule has 2 aromatic carbocycles. The molecule has 0 saturated heterocycles. The molecule has 0 heterocycles. The van der Waals surface area contributed by atoms with Crippen LogP contribution in [0.3, 0.4) is 0 Å². The topological polar surface area (TPSA) is 73.9 Å². The fraction of sp³-hybridized carbons (Fsp3) is 0.176. The molecule has 8 heteroatoms. The first-order chi connectivity index (χ1) is 11.9. The lowest BCUT2D eigenvalue weighted by Gasteiger charge is -2.14. The number of anilines is 1. The van der Waals surface area contributed by atoms with Crippen molar-refractivity contribution in [1.82, 2.24) is 0 Å². The number of carbonyl (C=O) groups is 2. The Bertz CT molecular complexity index is 805. The molecule has 0 bridgehead atoms. The monoisotopic (exact) mass is 411 g/mol. The van der Waals surface area contributed by atoms with Crippen LogP contribution in [0, 0.1) is 5.82 Å². The van der Waals surface area contributed by atoms with Gasteiger partial charge >= 0.3 is 5.97 Å². The molecule has 25 heavy (non-hydrogen) atoms. The van der Waals surface area contributed by atoms with Crippen molar-refractivity contribution in [3.05, 3.63) is 51.7 Å². The van der Waals surface area contributed by atoms with E-state index >= 15 is 0 Å². The number of esters is 1. The zero-order valence-corrected chi connectivity index (χ0v) is 15.3. The van der Waals surface area contributed by atoms with Crippen LogP contribution in [0.1, 0.15) is 20.7 Å². The fourth-order valence-electron chi connectivity index (χ4n) is 2.14. The number of hydrogen-bond donors (Lipinski definition) is 1. The highest BCUT2D eigenvalue weighted by Gasteiger charge is 2.20. The summed E-state index contributed by atoms with van der Waals surface area (Å²) in [5, 5.41) is 2.56. The lowest BCUT2D eigenvalue weighted by molar-refractivity contribution is 0.0601. The lowest BCUT2D eigenvalue weighted by atomic mass is 10.1. The van der Waals surface area contributed by atoms with Crippen molar-refractivity contribution < 1.29 is 28.2 Å². The SMILES string of the molecule is COC(=O)c1cc(OC)c(OC)cc1NC(=O)c1cc(F)cc(Br)c1. The highest BCUT2D eigenvalue weighted by Crippen LogP contribution is 2.34. The van der Waals surface area contributed by atoms with Crippen molar-refractivity contribution in [2.75, 3.05) is 26.6 Å². The molecule has 0 fully saturated rings. The largest absolute Gasteiger partial charge is 0.493 e. The summed E-state index contributed by atoms with van der Waals surface area (Å²) in [5.41, 5.74) is 0.302. The number of amides is 1. The van der Waals surface area contributed by atoms with Gasteiger partial charge in [-0.3, -0.25) is 4.79 Å². The van der Waals surface area contributed by atoms with Gasteiger partial charge in [-0.1, -0.05) is 15.9 Å². The molecular formula is C17H15BrFNO5. The maximum absolute atomic E-state index is 13.5. The van der Waals surface area contributed by atoms with Crippen molar-refractivity contribution in [2.24, 2.45) is 0 Å². The van der Waals surface area contributed by atoms with Gasteiger partial charge in [0.25, 0.3) is 5.91 Å². The third kappa shape index (κ3) is 4.27. The number of nitrogens with one attached hydrogen (secondary N) is 1. The zero-order valence-electron chi connectivity index (χ0n) is 13.7. The number of carbonyl (C=O) groups excluding carboxylic acids is 2. The van der Waals surface area contributed by atoms with Gasteiger partial charge in [-0.25, -0.2) is 9.18 Å². The van der Waals surface area contributed by atoms with Gasteiger partial charge in [-0.2, -0.15) is 0 Å². The molecule has 0 aliphatic heterocycles. The molecule has 0 spiro atoms. The summed E-state index contributed by atoms with van der Waals surface area (Å²) in [6.07, 6.45) is 0. The summed E-state index contributed by atoms with van der Waals surface area (Å²) in [5.74, 6) is -1.23. The number of ether oxygens (including phenoxy) is 3. The Kier molecular flexibility index (Phi) is 5.97. The molecule has 2 aromatic rings. The normalized spacial score (nSPS) is 10.1. The van der Waals surface area contributed by atoms with Crippen molar-refractivity contribution >= 4 is 33.5 Å². The Morgan fingerprint density at radius 2 is 1.64 bits per heavy atom. The van der Waals surface area contributed by atoms with Crippen LogP contribution in [-0.2, 0) is 4.74 Å². The van der Waals surface area contributed by atoms with Crippen LogP contribution in [-0.4, -0.2) is 33.2 Å². The minimum absolute atomic E-state index is 0.0731. The second-order valence-electron chi connectivity index (χ2n) is 4.86. The van der Waals surface area contributed by atoms with E-state index in [1.807, 2.05) is 0 Å². The average Bonchev–Trinajstić information content (AvgIpc) is 2.59. The maximum atomic E-state index is 13.5. The average molecular weight is 412 g/mol. The van der Waals surface area contributed by atoms with E-state index in [9.17, 15) is 14.0 Å². The van der Waals surface area contributed by atoms with Crippen molar-refractivity contribution in [2.45, 2.75) is 0 Å². The Morgan fingerprint density at radius 1 is 1.00 bits per heavy atom. The molecule has 6 nitrogen and oxygen atoms in total. The fourth-order valence-corrected chi connectivity index (χ4v) is 2.61. The Hall–Kier alpha value is -2.61. The summed E-state index contributed by atoms with van der Waals surface area (Å²) >= 11 is 3.13. The van der Waals surface area contributed by atoms with E-state index in [1.165, 1.54) is 45.6 Å². The minimum atomic E-state index is -0.670. The van der Waals surface area contributed by atoms with Gasteiger partial charge in [0.1, 0.15) is 5.82 Å². The molecule has 0 aliphatic carbocycles. The molecule has 1 amide bonds. The first kappa shape index (κ1) is 18.7. The van der Waals surface area contributed by atoms with Crippen LogP contribution in [0.5, 0.6) is 11.5 Å². The smallest absolute Gasteiger partial charge is 0.340 e. The number of halogens is 2.